The summed E-state index contributed by atoms with van der Waals surface area (Å²) in [6.07, 6.45) is 2.93. The summed E-state index contributed by atoms with van der Waals surface area (Å²) in [5.74, 6) is -1.10. The molecule has 24 heavy (non-hydrogen) atoms. The van der Waals surface area contributed by atoms with Gasteiger partial charge in [-0.25, -0.2) is 4.98 Å². The Morgan fingerprint density at radius 3 is 2.71 bits per heavy atom. The fraction of sp³-hybridized carbons (Fsp3) is 0.389. The number of anilines is 1. The molecular formula is C18H20N2O3S. The second kappa shape index (κ2) is 6.73. The molecule has 0 atom stereocenters. The zero-order valence-corrected chi connectivity index (χ0v) is 14.4. The van der Waals surface area contributed by atoms with E-state index in [0.717, 1.165) is 29.1 Å². The Morgan fingerprint density at radius 2 is 2.08 bits per heavy atom. The van der Waals surface area contributed by atoms with E-state index in [0.29, 0.717) is 18.5 Å². The number of aromatic nitrogens is 1. The minimum atomic E-state index is -0.895. The van der Waals surface area contributed by atoms with Gasteiger partial charge in [0, 0.05) is 28.7 Å². The van der Waals surface area contributed by atoms with Crippen molar-refractivity contribution in [1.29, 1.82) is 0 Å². The van der Waals surface area contributed by atoms with Crippen LogP contribution in [0.15, 0.2) is 29.6 Å². The number of rotatable bonds is 5. The van der Waals surface area contributed by atoms with Crippen LogP contribution < -0.4 is 5.32 Å². The van der Waals surface area contributed by atoms with E-state index in [1.54, 1.807) is 11.3 Å². The van der Waals surface area contributed by atoms with Gasteiger partial charge in [0.25, 0.3) is 0 Å². The van der Waals surface area contributed by atoms with Gasteiger partial charge in [-0.15, -0.1) is 11.3 Å². The first-order valence-electron chi connectivity index (χ1n) is 8.04. The summed E-state index contributed by atoms with van der Waals surface area (Å²) in [7, 11) is 0. The highest BCUT2D eigenvalue weighted by atomic mass is 32.1. The van der Waals surface area contributed by atoms with Crippen LogP contribution in [-0.4, -0.2) is 22.0 Å². The molecule has 1 amide bonds. The Kier molecular flexibility index (Phi) is 4.66. The number of benzene rings is 1. The summed E-state index contributed by atoms with van der Waals surface area (Å²) < 4.78 is 0. The second-order valence-electron chi connectivity index (χ2n) is 6.39. The Bertz CT molecular complexity index is 763. The topological polar surface area (TPSA) is 79.3 Å². The van der Waals surface area contributed by atoms with Gasteiger partial charge in [0.1, 0.15) is 5.01 Å². The molecule has 1 fully saturated rings. The standard InChI is InChI=1S/C18H20N2O3S/c1-12-11-24-16(19-12)13-5-4-6-14(9-13)20-15(21)10-18(17(22)23)7-2-3-8-18/h4-6,9,11H,2-3,7-8,10H2,1H3,(H,20,21)(H,22,23). The van der Waals surface area contributed by atoms with Crippen LogP contribution in [-0.2, 0) is 9.59 Å². The lowest BCUT2D eigenvalue weighted by Crippen LogP contribution is -2.32. The molecule has 0 aliphatic heterocycles. The SMILES string of the molecule is Cc1csc(-c2cccc(NC(=O)CC3(C(=O)O)CCCC3)c2)n1. The molecule has 2 aromatic rings. The molecule has 0 radical (unpaired) electrons. The number of thiazole rings is 1. The first kappa shape index (κ1) is 16.6. The average Bonchev–Trinajstić information content (AvgIpc) is 3.17. The first-order chi connectivity index (χ1) is 11.5. The van der Waals surface area contributed by atoms with Gasteiger partial charge in [-0.3, -0.25) is 9.59 Å². The maximum absolute atomic E-state index is 12.3. The molecule has 0 unspecified atom stereocenters. The number of nitrogens with zero attached hydrogens (tertiary/aromatic N) is 1. The van der Waals surface area contributed by atoms with Crippen LogP contribution in [0.2, 0.25) is 0 Å². The van der Waals surface area contributed by atoms with Gasteiger partial charge >= 0.3 is 5.97 Å². The zero-order valence-electron chi connectivity index (χ0n) is 13.5. The molecule has 2 N–H and O–H groups in total. The number of amides is 1. The highest BCUT2D eigenvalue weighted by Gasteiger charge is 2.42. The third-order valence-corrected chi connectivity index (χ3v) is 5.53. The largest absolute Gasteiger partial charge is 0.481 e. The summed E-state index contributed by atoms with van der Waals surface area (Å²) in [6, 6.07) is 7.50. The first-order valence-corrected chi connectivity index (χ1v) is 8.92. The fourth-order valence-electron chi connectivity index (χ4n) is 3.25. The molecule has 3 rings (SSSR count). The van der Waals surface area contributed by atoms with Gasteiger partial charge in [-0.05, 0) is 31.9 Å². The van der Waals surface area contributed by atoms with Crippen molar-refractivity contribution in [1.82, 2.24) is 4.98 Å². The Balaban J connectivity index is 1.72. The maximum atomic E-state index is 12.3. The number of carbonyl (C=O) groups excluding carboxylic acids is 1. The smallest absolute Gasteiger partial charge is 0.310 e. The van der Waals surface area contributed by atoms with Crippen molar-refractivity contribution < 1.29 is 14.7 Å². The molecule has 1 aliphatic rings. The molecule has 126 valence electrons. The summed E-state index contributed by atoms with van der Waals surface area (Å²) in [5, 5.41) is 15.2. The number of hydrogen-bond acceptors (Lipinski definition) is 4. The third-order valence-electron chi connectivity index (χ3n) is 4.53. The molecule has 0 bridgehead atoms. The lowest BCUT2D eigenvalue weighted by Gasteiger charge is -2.22. The number of carboxylic acid groups (broad SMARTS) is 1. The monoisotopic (exact) mass is 344 g/mol. The number of carbonyl (C=O) groups is 2. The third kappa shape index (κ3) is 3.48. The summed E-state index contributed by atoms with van der Waals surface area (Å²) >= 11 is 1.56. The molecule has 1 aromatic heterocycles. The van der Waals surface area contributed by atoms with E-state index in [9.17, 15) is 14.7 Å². The highest BCUT2D eigenvalue weighted by Crippen LogP contribution is 2.41. The minimum absolute atomic E-state index is 0.0307. The van der Waals surface area contributed by atoms with Gasteiger partial charge in [-0.2, -0.15) is 0 Å². The van der Waals surface area contributed by atoms with Crippen molar-refractivity contribution in [3.63, 3.8) is 0 Å². The van der Waals surface area contributed by atoms with Crippen molar-refractivity contribution in [3.8, 4) is 10.6 Å². The number of hydrogen-bond donors (Lipinski definition) is 2. The number of aryl methyl sites for hydroxylation is 1. The molecule has 0 spiro atoms. The van der Waals surface area contributed by atoms with E-state index >= 15 is 0 Å². The van der Waals surface area contributed by atoms with Crippen molar-refractivity contribution in [2.75, 3.05) is 5.32 Å². The quantitative estimate of drug-likeness (QED) is 0.856. The second-order valence-corrected chi connectivity index (χ2v) is 7.25. The van der Waals surface area contributed by atoms with E-state index in [-0.39, 0.29) is 12.3 Å². The lowest BCUT2D eigenvalue weighted by atomic mass is 9.82. The number of carboxylic acids is 1. The van der Waals surface area contributed by atoms with Gasteiger partial charge < -0.3 is 10.4 Å². The summed E-state index contributed by atoms with van der Waals surface area (Å²) in [6.45, 7) is 1.94. The predicted molar refractivity (Wildman–Crippen MR) is 94.1 cm³/mol. The van der Waals surface area contributed by atoms with Crippen molar-refractivity contribution in [3.05, 3.63) is 35.3 Å². The Labute approximate surface area is 144 Å². The Morgan fingerprint density at radius 1 is 1.33 bits per heavy atom. The van der Waals surface area contributed by atoms with E-state index in [1.807, 2.05) is 36.6 Å². The van der Waals surface area contributed by atoms with Crippen LogP contribution in [0.1, 0.15) is 37.8 Å². The predicted octanol–water partition coefficient (Wildman–Crippen LogP) is 4.09. The molecule has 1 aromatic carbocycles. The van der Waals surface area contributed by atoms with Gasteiger partial charge in [0.15, 0.2) is 0 Å². The average molecular weight is 344 g/mol. The van der Waals surface area contributed by atoms with Crippen molar-refractivity contribution >= 4 is 28.9 Å². The van der Waals surface area contributed by atoms with Crippen LogP contribution >= 0.6 is 11.3 Å². The van der Waals surface area contributed by atoms with Crippen LogP contribution in [0.3, 0.4) is 0 Å². The highest BCUT2D eigenvalue weighted by molar-refractivity contribution is 7.13. The summed E-state index contributed by atoms with van der Waals surface area (Å²) in [5.41, 5.74) is 1.69. The normalized spacial score (nSPS) is 16.0. The molecule has 1 aliphatic carbocycles. The van der Waals surface area contributed by atoms with Crippen LogP contribution in [0.5, 0.6) is 0 Å². The molecule has 1 saturated carbocycles. The van der Waals surface area contributed by atoms with E-state index < -0.39 is 11.4 Å². The minimum Gasteiger partial charge on any atom is -0.481 e. The van der Waals surface area contributed by atoms with Gasteiger partial charge in [-0.1, -0.05) is 25.0 Å². The summed E-state index contributed by atoms with van der Waals surface area (Å²) in [4.78, 5) is 28.4. The van der Waals surface area contributed by atoms with E-state index in [1.165, 1.54) is 0 Å². The van der Waals surface area contributed by atoms with Crippen molar-refractivity contribution in [2.45, 2.75) is 39.0 Å². The number of aliphatic carboxylic acids is 1. The molecule has 6 heteroatoms. The molecule has 5 nitrogen and oxygen atoms in total. The van der Waals surface area contributed by atoms with Crippen LogP contribution in [0.4, 0.5) is 5.69 Å². The van der Waals surface area contributed by atoms with Crippen molar-refractivity contribution in [2.24, 2.45) is 5.41 Å². The van der Waals surface area contributed by atoms with Gasteiger partial charge in [0.2, 0.25) is 5.91 Å². The van der Waals surface area contributed by atoms with Crippen LogP contribution in [0.25, 0.3) is 10.6 Å². The van der Waals surface area contributed by atoms with Crippen LogP contribution in [0, 0.1) is 12.3 Å². The van der Waals surface area contributed by atoms with Gasteiger partial charge in [0.05, 0.1) is 5.41 Å². The number of nitrogens with one attached hydrogen (secondary N) is 1. The fourth-order valence-corrected chi connectivity index (χ4v) is 4.04. The van der Waals surface area contributed by atoms with E-state index in [2.05, 4.69) is 10.3 Å². The zero-order chi connectivity index (χ0) is 17.2. The lowest BCUT2D eigenvalue weighted by molar-refractivity contribution is -0.150. The van der Waals surface area contributed by atoms with E-state index in [4.69, 9.17) is 0 Å². The molecule has 1 heterocycles. The molecule has 0 saturated heterocycles. The maximum Gasteiger partial charge on any atom is 0.310 e. The molecular weight excluding hydrogens is 324 g/mol. The Hall–Kier alpha value is -2.21.